The zero-order valence-electron chi connectivity index (χ0n) is 7.16. The van der Waals surface area contributed by atoms with Gasteiger partial charge in [0.2, 0.25) is 0 Å². The Morgan fingerprint density at radius 1 is 1.46 bits per heavy atom. The molecule has 0 fully saturated rings. The molecule has 0 unspecified atom stereocenters. The van der Waals surface area contributed by atoms with Crippen LogP contribution in [0.15, 0.2) is 12.4 Å². The van der Waals surface area contributed by atoms with E-state index in [1.54, 1.807) is 10.6 Å². The standard InChI is InChI=1S/C8H9ClN4/c1-2-5-3-13-4-6(9)12-7(10)8(13)11-5/h3-4H,2H2,1H3,(H2,10,12). The van der Waals surface area contributed by atoms with Crippen LogP contribution in [0.25, 0.3) is 5.65 Å². The molecule has 2 aromatic heterocycles. The summed E-state index contributed by atoms with van der Waals surface area (Å²) in [7, 11) is 0. The molecule has 0 radical (unpaired) electrons. The molecule has 0 aliphatic carbocycles. The minimum absolute atomic E-state index is 0.368. The molecule has 0 saturated carbocycles. The van der Waals surface area contributed by atoms with E-state index < -0.39 is 0 Å². The number of nitrogens with two attached hydrogens (primary N) is 1. The zero-order valence-corrected chi connectivity index (χ0v) is 7.91. The summed E-state index contributed by atoms with van der Waals surface area (Å²) in [5.74, 6) is 0.368. The second-order valence-corrected chi connectivity index (χ2v) is 3.15. The number of rotatable bonds is 1. The summed E-state index contributed by atoms with van der Waals surface area (Å²) < 4.78 is 1.80. The molecular weight excluding hydrogens is 188 g/mol. The van der Waals surface area contributed by atoms with Crippen LogP contribution in [0.2, 0.25) is 5.15 Å². The predicted octanol–water partition coefficient (Wildman–Crippen LogP) is 1.53. The molecular formula is C8H9ClN4. The van der Waals surface area contributed by atoms with Crippen molar-refractivity contribution in [2.75, 3.05) is 5.73 Å². The van der Waals surface area contributed by atoms with Crippen LogP contribution in [-0.4, -0.2) is 14.4 Å². The Bertz CT molecular complexity index is 449. The van der Waals surface area contributed by atoms with Gasteiger partial charge < -0.3 is 10.1 Å². The number of anilines is 1. The van der Waals surface area contributed by atoms with E-state index >= 15 is 0 Å². The minimum Gasteiger partial charge on any atom is -0.381 e. The lowest BCUT2D eigenvalue weighted by Crippen LogP contribution is -1.96. The zero-order chi connectivity index (χ0) is 9.42. The summed E-state index contributed by atoms with van der Waals surface area (Å²) in [5.41, 5.74) is 7.30. The Morgan fingerprint density at radius 3 is 2.92 bits per heavy atom. The maximum absolute atomic E-state index is 5.74. The van der Waals surface area contributed by atoms with Gasteiger partial charge in [0, 0.05) is 12.4 Å². The van der Waals surface area contributed by atoms with E-state index in [4.69, 9.17) is 17.3 Å². The van der Waals surface area contributed by atoms with E-state index in [1.165, 1.54) is 0 Å². The first-order valence-electron chi connectivity index (χ1n) is 4.00. The molecule has 68 valence electrons. The number of hydrogen-bond acceptors (Lipinski definition) is 3. The van der Waals surface area contributed by atoms with Crippen molar-refractivity contribution in [3.05, 3.63) is 23.2 Å². The highest BCUT2D eigenvalue weighted by Gasteiger charge is 2.05. The van der Waals surface area contributed by atoms with Crippen LogP contribution in [-0.2, 0) is 6.42 Å². The van der Waals surface area contributed by atoms with Gasteiger partial charge in [0.25, 0.3) is 0 Å². The number of fused-ring (bicyclic) bond motifs is 1. The highest BCUT2D eigenvalue weighted by atomic mass is 35.5. The fourth-order valence-corrected chi connectivity index (χ4v) is 1.41. The molecule has 0 amide bonds. The average molecular weight is 197 g/mol. The summed E-state index contributed by atoms with van der Waals surface area (Å²) in [5, 5.41) is 0.380. The normalized spacial score (nSPS) is 10.9. The lowest BCUT2D eigenvalue weighted by atomic mass is 10.4. The van der Waals surface area contributed by atoms with Gasteiger partial charge in [0.05, 0.1) is 5.69 Å². The van der Waals surface area contributed by atoms with Crippen LogP contribution in [0.5, 0.6) is 0 Å². The van der Waals surface area contributed by atoms with Gasteiger partial charge >= 0.3 is 0 Å². The average Bonchev–Trinajstić information content (AvgIpc) is 2.47. The van der Waals surface area contributed by atoms with Crippen LogP contribution in [0, 0.1) is 0 Å². The van der Waals surface area contributed by atoms with Gasteiger partial charge in [-0.2, -0.15) is 0 Å². The van der Waals surface area contributed by atoms with E-state index in [9.17, 15) is 0 Å². The van der Waals surface area contributed by atoms with Crippen LogP contribution in [0.3, 0.4) is 0 Å². The molecule has 2 aromatic rings. The summed E-state index contributed by atoms with van der Waals surface area (Å²) in [6, 6.07) is 0. The molecule has 5 heteroatoms. The van der Waals surface area contributed by atoms with Crippen molar-refractivity contribution in [2.45, 2.75) is 13.3 Å². The Labute approximate surface area is 80.4 Å². The first kappa shape index (κ1) is 8.31. The first-order chi connectivity index (χ1) is 6.20. The quantitative estimate of drug-likeness (QED) is 0.753. The molecule has 0 saturated heterocycles. The number of imidazole rings is 1. The molecule has 2 rings (SSSR count). The van der Waals surface area contributed by atoms with Crippen molar-refractivity contribution >= 4 is 23.1 Å². The number of aromatic nitrogens is 3. The first-order valence-corrected chi connectivity index (χ1v) is 4.38. The molecule has 0 atom stereocenters. The summed E-state index contributed by atoms with van der Waals surface area (Å²) in [6.07, 6.45) is 4.47. The summed E-state index contributed by atoms with van der Waals surface area (Å²) in [4.78, 5) is 8.20. The SMILES string of the molecule is CCc1cn2cc(Cl)nc(N)c2n1. The Balaban J connectivity index is 2.75. The topological polar surface area (TPSA) is 56.2 Å². The van der Waals surface area contributed by atoms with Crippen molar-refractivity contribution in [2.24, 2.45) is 0 Å². The summed E-state index contributed by atoms with van der Waals surface area (Å²) in [6.45, 7) is 2.03. The van der Waals surface area contributed by atoms with Crippen LogP contribution < -0.4 is 5.73 Å². The van der Waals surface area contributed by atoms with Gasteiger partial charge in [-0.15, -0.1) is 0 Å². The second-order valence-electron chi connectivity index (χ2n) is 2.77. The third kappa shape index (κ3) is 1.33. The van der Waals surface area contributed by atoms with Crippen molar-refractivity contribution in [3.63, 3.8) is 0 Å². The minimum atomic E-state index is 0.368. The number of aryl methyl sites for hydroxylation is 1. The van der Waals surface area contributed by atoms with E-state index in [0.29, 0.717) is 16.6 Å². The predicted molar refractivity (Wildman–Crippen MR) is 51.8 cm³/mol. The number of nitrogen functional groups attached to an aromatic ring is 1. The van der Waals surface area contributed by atoms with Gasteiger partial charge in [-0.1, -0.05) is 18.5 Å². The molecule has 4 nitrogen and oxygen atoms in total. The third-order valence-corrected chi connectivity index (χ3v) is 2.03. The van der Waals surface area contributed by atoms with Gasteiger partial charge in [-0.25, -0.2) is 9.97 Å². The smallest absolute Gasteiger partial charge is 0.180 e. The monoisotopic (exact) mass is 196 g/mol. The second kappa shape index (κ2) is 2.88. The molecule has 0 aliphatic heterocycles. The van der Waals surface area contributed by atoms with Crippen molar-refractivity contribution in [3.8, 4) is 0 Å². The lowest BCUT2D eigenvalue weighted by molar-refractivity contribution is 1.07. The number of nitrogens with zero attached hydrogens (tertiary/aromatic N) is 3. The van der Waals surface area contributed by atoms with Crippen molar-refractivity contribution < 1.29 is 0 Å². The molecule has 0 spiro atoms. The van der Waals surface area contributed by atoms with Crippen LogP contribution in [0.1, 0.15) is 12.6 Å². The number of halogens is 1. The highest BCUT2D eigenvalue weighted by Crippen LogP contribution is 2.15. The van der Waals surface area contributed by atoms with Crippen LogP contribution in [0.4, 0.5) is 5.82 Å². The lowest BCUT2D eigenvalue weighted by Gasteiger charge is -1.96. The fraction of sp³-hybridized carbons (Fsp3) is 0.250. The van der Waals surface area contributed by atoms with Gasteiger partial charge in [-0.3, -0.25) is 0 Å². The molecule has 0 aromatic carbocycles. The molecule has 13 heavy (non-hydrogen) atoms. The van der Waals surface area contributed by atoms with E-state index in [-0.39, 0.29) is 0 Å². The van der Waals surface area contributed by atoms with Gasteiger partial charge in [0.1, 0.15) is 5.15 Å². The van der Waals surface area contributed by atoms with Crippen molar-refractivity contribution in [1.82, 2.24) is 14.4 Å². The van der Waals surface area contributed by atoms with E-state index in [2.05, 4.69) is 9.97 Å². The highest BCUT2D eigenvalue weighted by molar-refractivity contribution is 6.29. The van der Waals surface area contributed by atoms with Gasteiger partial charge in [0.15, 0.2) is 11.5 Å². The molecule has 2 heterocycles. The molecule has 0 bridgehead atoms. The van der Waals surface area contributed by atoms with E-state index in [0.717, 1.165) is 12.1 Å². The van der Waals surface area contributed by atoms with E-state index in [1.807, 2.05) is 13.1 Å². The largest absolute Gasteiger partial charge is 0.381 e. The number of hydrogen-bond donors (Lipinski definition) is 1. The fourth-order valence-electron chi connectivity index (χ4n) is 1.21. The Morgan fingerprint density at radius 2 is 2.23 bits per heavy atom. The third-order valence-electron chi connectivity index (χ3n) is 1.85. The molecule has 0 aliphatic rings. The summed E-state index contributed by atoms with van der Waals surface area (Å²) >= 11 is 5.74. The van der Waals surface area contributed by atoms with Crippen molar-refractivity contribution in [1.29, 1.82) is 0 Å². The molecule has 2 N–H and O–H groups in total. The maximum atomic E-state index is 5.74. The Hall–Kier alpha value is -1.29. The van der Waals surface area contributed by atoms with Crippen LogP contribution >= 0.6 is 11.6 Å². The maximum Gasteiger partial charge on any atom is 0.180 e. The Kier molecular flexibility index (Phi) is 1.84. The van der Waals surface area contributed by atoms with Gasteiger partial charge in [-0.05, 0) is 6.42 Å².